The molecule has 1 nitrogen and oxygen atoms in total. The number of hydrogen-bond acceptors (Lipinski definition) is 1. The lowest BCUT2D eigenvalue weighted by Crippen LogP contribution is -1.91. The highest BCUT2D eigenvalue weighted by Crippen LogP contribution is 1.98. The predicted octanol–water partition coefficient (Wildman–Crippen LogP) is 2.49. The van der Waals surface area contributed by atoms with Crippen LogP contribution in [0.3, 0.4) is 0 Å². The van der Waals surface area contributed by atoms with Gasteiger partial charge in [0.25, 0.3) is 0 Å². The normalized spacial score (nSPS) is 12.5. The fraction of sp³-hybridized carbons (Fsp3) is 0.444. The van der Waals surface area contributed by atoms with Crippen molar-refractivity contribution in [2.24, 2.45) is 0 Å². The fourth-order valence-corrected chi connectivity index (χ4v) is 0.662. The molecule has 0 radical (unpaired) electrons. The van der Waals surface area contributed by atoms with Crippen molar-refractivity contribution in [1.82, 2.24) is 0 Å². The van der Waals surface area contributed by atoms with E-state index in [1.54, 1.807) is 6.92 Å². The van der Waals surface area contributed by atoms with Crippen LogP contribution in [0.2, 0.25) is 0 Å². The van der Waals surface area contributed by atoms with E-state index >= 15 is 0 Å². The van der Waals surface area contributed by atoms with Crippen LogP contribution in [0.15, 0.2) is 23.8 Å². The van der Waals surface area contributed by atoms with E-state index < -0.39 is 0 Å². The molecule has 0 aliphatic rings. The largest absolute Gasteiger partial charge is 0.295 e. The number of carbonyl (C=O) groups is 1. The molecule has 0 aliphatic carbocycles. The van der Waals surface area contributed by atoms with Crippen molar-refractivity contribution in [3.8, 4) is 0 Å². The molecule has 0 rings (SSSR count). The van der Waals surface area contributed by atoms with Crippen LogP contribution in [-0.4, -0.2) is 5.78 Å². The second-order valence-corrected chi connectivity index (χ2v) is 2.11. The van der Waals surface area contributed by atoms with Gasteiger partial charge in [0, 0.05) is 5.57 Å². The Kier molecular flexibility index (Phi) is 4.55. The minimum Gasteiger partial charge on any atom is -0.295 e. The van der Waals surface area contributed by atoms with Gasteiger partial charge in [-0.3, -0.25) is 4.79 Å². The van der Waals surface area contributed by atoms with Crippen molar-refractivity contribution < 1.29 is 4.79 Å². The molecule has 0 heterocycles. The zero-order valence-electron chi connectivity index (χ0n) is 6.85. The van der Waals surface area contributed by atoms with Gasteiger partial charge in [0.2, 0.25) is 0 Å². The maximum Gasteiger partial charge on any atom is 0.159 e. The van der Waals surface area contributed by atoms with Crippen LogP contribution in [0.4, 0.5) is 0 Å². The molecule has 0 saturated carbocycles. The quantitative estimate of drug-likeness (QED) is 0.432. The minimum atomic E-state index is 0.132. The summed E-state index contributed by atoms with van der Waals surface area (Å²) in [5.41, 5.74) is 0.793. The van der Waals surface area contributed by atoms with Crippen LogP contribution < -0.4 is 0 Å². The summed E-state index contributed by atoms with van der Waals surface area (Å²) in [6.45, 7) is 5.50. The predicted molar refractivity (Wildman–Crippen MR) is 43.9 cm³/mol. The molecule has 0 amide bonds. The van der Waals surface area contributed by atoms with Gasteiger partial charge in [-0.2, -0.15) is 0 Å². The van der Waals surface area contributed by atoms with E-state index in [1.165, 1.54) is 0 Å². The van der Waals surface area contributed by atoms with E-state index in [2.05, 4.69) is 0 Å². The van der Waals surface area contributed by atoms with E-state index in [9.17, 15) is 4.79 Å². The number of hydrogen-bond donors (Lipinski definition) is 0. The average molecular weight is 138 g/mol. The van der Waals surface area contributed by atoms with Crippen molar-refractivity contribution in [1.29, 1.82) is 0 Å². The highest BCUT2D eigenvalue weighted by molar-refractivity contribution is 5.95. The molecule has 1 heteroatoms. The van der Waals surface area contributed by atoms with Crippen LogP contribution in [0.1, 0.15) is 27.2 Å². The Hall–Kier alpha value is -0.850. The molecule has 0 bridgehead atoms. The molecule has 0 atom stereocenters. The summed E-state index contributed by atoms with van der Waals surface area (Å²) in [7, 11) is 0. The Bertz CT molecular complexity index is 164. The number of rotatable bonds is 3. The zero-order valence-corrected chi connectivity index (χ0v) is 6.85. The van der Waals surface area contributed by atoms with Crippen LogP contribution in [0, 0.1) is 0 Å². The standard InChI is InChI=1S/C9H14O/c1-4-6-7-9(5-2)8(3)10/h5-7H,4H2,1-3H3. The van der Waals surface area contributed by atoms with Crippen LogP contribution in [0.5, 0.6) is 0 Å². The number of ketones is 1. The molecular weight excluding hydrogens is 124 g/mol. The molecule has 0 aromatic carbocycles. The lowest BCUT2D eigenvalue weighted by molar-refractivity contribution is -0.113. The van der Waals surface area contributed by atoms with Gasteiger partial charge in [0.05, 0.1) is 0 Å². The second kappa shape index (κ2) is 4.98. The highest BCUT2D eigenvalue weighted by atomic mass is 16.1. The SMILES string of the molecule is CC=C(C=CCC)C(C)=O. The van der Waals surface area contributed by atoms with Gasteiger partial charge in [0.1, 0.15) is 0 Å². The summed E-state index contributed by atoms with van der Waals surface area (Å²) in [6.07, 6.45) is 6.65. The smallest absolute Gasteiger partial charge is 0.159 e. The Balaban J connectivity index is 4.12. The maximum absolute atomic E-state index is 10.8. The van der Waals surface area contributed by atoms with Crippen LogP contribution >= 0.6 is 0 Å². The highest BCUT2D eigenvalue weighted by Gasteiger charge is 1.94. The molecule has 0 aromatic rings. The molecule has 0 fully saturated rings. The van der Waals surface area contributed by atoms with E-state index in [-0.39, 0.29) is 5.78 Å². The molecule has 0 spiro atoms. The van der Waals surface area contributed by atoms with Crippen LogP contribution in [-0.2, 0) is 4.79 Å². The molecule has 0 aromatic heterocycles. The Morgan fingerprint density at radius 2 is 2.10 bits per heavy atom. The van der Waals surface area contributed by atoms with Crippen molar-refractivity contribution in [2.75, 3.05) is 0 Å². The van der Waals surface area contributed by atoms with Crippen LogP contribution in [0.25, 0.3) is 0 Å². The monoisotopic (exact) mass is 138 g/mol. The van der Waals surface area contributed by atoms with Crippen molar-refractivity contribution in [3.63, 3.8) is 0 Å². The lowest BCUT2D eigenvalue weighted by Gasteiger charge is -1.91. The topological polar surface area (TPSA) is 17.1 Å². The zero-order chi connectivity index (χ0) is 7.98. The van der Waals surface area contributed by atoms with Crippen molar-refractivity contribution in [3.05, 3.63) is 23.8 Å². The van der Waals surface area contributed by atoms with Gasteiger partial charge < -0.3 is 0 Å². The summed E-state index contributed by atoms with van der Waals surface area (Å²) in [6, 6.07) is 0. The third kappa shape index (κ3) is 3.23. The number of carbonyl (C=O) groups excluding carboxylic acids is 1. The first-order chi connectivity index (χ1) is 4.72. The van der Waals surface area contributed by atoms with Gasteiger partial charge >= 0.3 is 0 Å². The lowest BCUT2D eigenvalue weighted by atomic mass is 10.1. The second-order valence-electron chi connectivity index (χ2n) is 2.11. The molecule has 10 heavy (non-hydrogen) atoms. The molecule has 0 unspecified atom stereocenters. The van der Waals surface area contributed by atoms with Gasteiger partial charge in [-0.05, 0) is 20.3 Å². The molecule has 0 N–H and O–H groups in total. The first-order valence-electron chi connectivity index (χ1n) is 3.56. The molecular formula is C9H14O. The van der Waals surface area contributed by atoms with Crippen molar-refractivity contribution in [2.45, 2.75) is 27.2 Å². The maximum atomic E-state index is 10.8. The summed E-state index contributed by atoms with van der Waals surface area (Å²) in [5, 5.41) is 0. The number of allylic oxidation sites excluding steroid dienone is 4. The third-order valence-corrected chi connectivity index (χ3v) is 1.25. The third-order valence-electron chi connectivity index (χ3n) is 1.25. The first-order valence-corrected chi connectivity index (χ1v) is 3.56. The summed E-state index contributed by atoms with van der Waals surface area (Å²) in [5.74, 6) is 0.132. The Labute approximate surface area is 62.4 Å². The Morgan fingerprint density at radius 1 is 1.50 bits per heavy atom. The minimum absolute atomic E-state index is 0.132. The van der Waals surface area contributed by atoms with E-state index in [4.69, 9.17) is 0 Å². The van der Waals surface area contributed by atoms with Gasteiger partial charge in [-0.15, -0.1) is 0 Å². The summed E-state index contributed by atoms with van der Waals surface area (Å²) < 4.78 is 0. The molecule has 56 valence electrons. The average Bonchev–Trinajstić information content (AvgIpc) is 1.89. The van der Waals surface area contributed by atoms with Gasteiger partial charge in [-0.25, -0.2) is 0 Å². The summed E-state index contributed by atoms with van der Waals surface area (Å²) >= 11 is 0. The Morgan fingerprint density at radius 3 is 2.40 bits per heavy atom. The first kappa shape index (κ1) is 9.15. The summed E-state index contributed by atoms with van der Waals surface area (Å²) in [4.78, 5) is 10.8. The van der Waals surface area contributed by atoms with Gasteiger partial charge in [0.15, 0.2) is 5.78 Å². The van der Waals surface area contributed by atoms with E-state index in [1.807, 2.05) is 32.1 Å². The van der Waals surface area contributed by atoms with Gasteiger partial charge in [-0.1, -0.05) is 25.2 Å². The number of Topliss-reactive ketones (excluding diaryl/α,β-unsaturated/α-hetero) is 1. The molecule has 0 saturated heterocycles. The van der Waals surface area contributed by atoms with E-state index in [0.717, 1.165) is 12.0 Å². The molecule has 0 aliphatic heterocycles. The van der Waals surface area contributed by atoms with Crippen molar-refractivity contribution >= 4 is 5.78 Å². The fourth-order valence-electron chi connectivity index (χ4n) is 0.662. The van der Waals surface area contributed by atoms with E-state index in [0.29, 0.717) is 0 Å².